The maximum atomic E-state index is 6.35. The Morgan fingerprint density at radius 1 is 0.500 bits per heavy atom. The number of unbranched alkanes of at least 4 members (excludes halogenated alkanes) is 10. The molecule has 3 rings (SSSR count). The lowest BCUT2D eigenvalue weighted by Gasteiger charge is -2.29. The molecule has 206 valence electrons. The normalized spacial score (nSPS) is 10.8. The highest BCUT2D eigenvalue weighted by atomic mass is 16.5. The van der Waals surface area contributed by atoms with Gasteiger partial charge in [-0.1, -0.05) is 121 Å². The summed E-state index contributed by atoms with van der Waals surface area (Å²) >= 11 is 0. The van der Waals surface area contributed by atoms with Crippen LogP contribution in [-0.4, -0.2) is 13.2 Å². The van der Waals surface area contributed by atoms with Gasteiger partial charge in [0.15, 0.2) is 0 Å². The van der Waals surface area contributed by atoms with Crippen LogP contribution in [-0.2, 0) is 0 Å². The fourth-order valence-electron chi connectivity index (χ4n) is 4.55. The lowest BCUT2D eigenvalue weighted by molar-refractivity contribution is 0.303. The fraction of sp³-hybridized carbons (Fsp3) is 0.471. The second kappa shape index (κ2) is 18.2. The van der Waals surface area contributed by atoms with Crippen molar-refractivity contribution in [3.05, 3.63) is 78.9 Å². The van der Waals surface area contributed by atoms with E-state index in [0.717, 1.165) is 54.6 Å². The predicted molar refractivity (Wildman–Crippen MR) is 163 cm³/mol. The van der Waals surface area contributed by atoms with E-state index in [0.29, 0.717) is 0 Å². The fourth-order valence-corrected chi connectivity index (χ4v) is 4.55. The van der Waals surface area contributed by atoms with Crippen molar-refractivity contribution in [3.63, 3.8) is 0 Å². The summed E-state index contributed by atoms with van der Waals surface area (Å²) in [4.78, 5) is 0. The molecule has 0 bridgehead atoms. The van der Waals surface area contributed by atoms with E-state index < -0.39 is 0 Å². The molecule has 3 aromatic rings. The van der Waals surface area contributed by atoms with E-state index >= 15 is 0 Å². The van der Waals surface area contributed by atoms with E-state index in [9.17, 15) is 0 Å². The van der Waals surface area contributed by atoms with Crippen molar-refractivity contribution in [1.82, 2.24) is 0 Å². The maximum absolute atomic E-state index is 6.35. The van der Waals surface area contributed by atoms with Crippen molar-refractivity contribution in [2.75, 3.05) is 23.6 Å². The van der Waals surface area contributed by atoms with Gasteiger partial charge in [-0.3, -0.25) is 5.43 Å². The molecular formula is C34H48N2O2. The molecule has 0 aliphatic rings. The Bertz CT molecular complexity index is 947. The third-order valence-electron chi connectivity index (χ3n) is 6.74. The summed E-state index contributed by atoms with van der Waals surface area (Å²) in [5.74, 6) is 1.74. The molecule has 3 aromatic carbocycles. The van der Waals surface area contributed by atoms with Gasteiger partial charge in [0.1, 0.15) is 22.9 Å². The van der Waals surface area contributed by atoms with Crippen LogP contribution in [0.25, 0.3) is 0 Å². The molecule has 0 atom stereocenters. The van der Waals surface area contributed by atoms with E-state index in [1.165, 1.54) is 64.2 Å². The van der Waals surface area contributed by atoms with Crippen molar-refractivity contribution in [1.29, 1.82) is 0 Å². The highest BCUT2D eigenvalue weighted by Crippen LogP contribution is 2.39. The number of hydrogen-bond donors (Lipinski definition) is 1. The molecule has 0 heterocycles. The second-order valence-electron chi connectivity index (χ2n) is 9.98. The first-order chi connectivity index (χ1) is 18.8. The number of hydrazine groups is 1. The van der Waals surface area contributed by atoms with Gasteiger partial charge in [-0.05, 0) is 49.2 Å². The van der Waals surface area contributed by atoms with Crippen molar-refractivity contribution in [2.45, 2.75) is 90.9 Å². The van der Waals surface area contributed by atoms with Crippen molar-refractivity contribution in [2.24, 2.45) is 0 Å². The zero-order valence-electron chi connectivity index (χ0n) is 23.7. The van der Waals surface area contributed by atoms with Crippen LogP contribution in [0, 0.1) is 0 Å². The van der Waals surface area contributed by atoms with Gasteiger partial charge in [0, 0.05) is 0 Å². The van der Waals surface area contributed by atoms with Crippen LogP contribution < -0.4 is 19.9 Å². The maximum Gasteiger partial charge on any atom is 0.144 e. The summed E-state index contributed by atoms with van der Waals surface area (Å²) in [6.45, 7) is 5.96. The SMILES string of the molecule is CCCCCCCCOc1ccccc1N(Nc1ccccc1)c1ccccc1OCCCCCCCC. The van der Waals surface area contributed by atoms with Crippen LogP contribution in [0.15, 0.2) is 78.9 Å². The molecular weight excluding hydrogens is 468 g/mol. The summed E-state index contributed by atoms with van der Waals surface area (Å²) in [6, 6.07) is 26.8. The number of anilines is 3. The number of ether oxygens (including phenoxy) is 2. The largest absolute Gasteiger partial charge is 0.491 e. The van der Waals surface area contributed by atoms with Crippen molar-refractivity contribution >= 4 is 17.1 Å². The van der Waals surface area contributed by atoms with Gasteiger partial charge in [-0.2, -0.15) is 0 Å². The molecule has 0 spiro atoms. The van der Waals surface area contributed by atoms with E-state index in [2.05, 4.69) is 72.8 Å². The van der Waals surface area contributed by atoms with Gasteiger partial charge in [0.05, 0.1) is 18.9 Å². The van der Waals surface area contributed by atoms with Crippen LogP contribution in [0.4, 0.5) is 17.1 Å². The molecule has 0 saturated heterocycles. The number of benzene rings is 3. The van der Waals surface area contributed by atoms with Crippen molar-refractivity contribution in [3.8, 4) is 11.5 Å². The first-order valence-electron chi connectivity index (χ1n) is 14.9. The van der Waals surface area contributed by atoms with Crippen LogP contribution in [0.2, 0.25) is 0 Å². The summed E-state index contributed by atoms with van der Waals surface area (Å²) in [7, 11) is 0. The Hall–Kier alpha value is -3.14. The standard InChI is InChI=1S/C34H48N2O2/c1-3-5-7-9-11-20-28-37-33-26-18-16-24-31(33)36(35-30-22-14-13-15-23-30)32-25-17-19-27-34(32)38-29-21-12-10-8-6-4-2/h13-19,22-27,35H,3-12,20-21,28-29H2,1-2H3. The minimum Gasteiger partial charge on any atom is -0.491 e. The number of nitrogens with one attached hydrogen (secondary N) is 1. The molecule has 0 radical (unpaired) electrons. The Kier molecular flexibility index (Phi) is 14.1. The summed E-state index contributed by atoms with van der Waals surface area (Å²) in [6.07, 6.45) is 15.0. The molecule has 0 aromatic heterocycles. The average Bonchev–Trinajstić information content (AvgIpc) is 2.96. The van der Waals surface area contributed by atoms with Crippen LogP contribution in [0.5, 0.6) is 11.5 Å². The highest BCUT2D eigenvalue weighted by molar-refractivity contribution is 5.76. The Morgan fingerprint density at radius 2 is 0.921 bits per heavy atom. The third-order valence-corrected chi connectivity index (χ3v) is 6.74. The van der Waals surface area contributed by atoms with Crippen LogP contribution in [0.1, 0.15) is 90.9 Å². The van der Waals surface area contributed by atoms with Gasteiger partial charge in [-0.25, -0.2) is 5.01 Å². The molecule has 0 saturated carbocycles. The Morgan fingerprint density at radius 3 is 1.42 bits per heavy atom. The highest BCUT2D eigenvalue weighted by Gasteiger charge is 2.18. The summed E-state index contributed by atoms with van der Waals surface area (Å²) in [5.41, 5.74) is 6.56. The first-order valence-corrected chi connectivity index (χ1v) is 14.9. The number of hydrogen-bond acceptors (Lipinski definition) is 4. The molecule has 4 nitrogen and oxygen atoms in total. The van der Waals surface area contributed by atoms with Gasteiger partial charge in [-0.15, -0.1) is 0 Å². The topological polar surface area (TPSA) is 33.7 Å². The minimum atomic E-state index is 0.721. The molecule has 38 heavy (non-hydrogen) atoms. The van der Waals surface area contributed by atoms with Gasteiger partial charge in [0.2, 0.25) is 0 Å². The average molecular weight is 517 g/mol. The van der Waals surface area contributed by atoms with Gasteiger partial charge in [0.25, 0.3) is 0 Å². The first kappa shape index (κ1) is 29.4. The van der Waals surface area contributed by atoms with Crippen LogP contribution in [0.3, 0.4) is 0 Å². The predicted octanol–water partition coefficient (Wildman–Crippen LogP) is 10.3. The molecule has 0 fully saturated rings. The molecule has 0 amide bonds. The Labute approximate surface area is 231 Å². The van der Waals surface area contributed by atoms with E-state index in [-0.39, 0.29) is 0 Å². The molecule has 0 unspecified atom stereocenters. The van der Waals surface area contributed by atoms with Gasteiger partial charge >= 0.3 is 0 Å². The zero-order valence-corrected chi connectivity index (χ0v) is 23.7. The monoisotopic (exact) mass is 516 g/mol. The molecule has 1 N–H and O–H groups in total. The lowest BCUT2D eigenvalue weighted by atomic mass is 10.1. The molecule has 0 aliphatic carbocycles. The lowest BCUT2D eigenvalue weighted by Crippen LogP contribution is -2.25. The number of nitrogens with zero attached hydrogens (tertiary/aromatic N) is 1. The smallest absolute Gasteiger partial charge is 0.144 e. The summed E-state index contributed by atoms with van der Waals surface area (Å²) in [5, 5.41) is 2.10. The van der Waals surface area contributed by atoms with E-state index in [1.54, 1.807) is 0 Å². The van der Waals surface area contributed by atoms with E-state index in [1.807, 2.05) is 30.3 Å². The summed E-state index contributed by atoms with van der Waals surface area (Å²) < 4.78 is 12.7. The zero-order chi connectivity index (χ0) is 26.7. The molecule has 0 aliphatic heterocycles. The van der Waals surface area contributed by atoms with Crippen molar-refractivity contribution < 1.29 is 9.47 Å². The third kappa shape index (κ3) is 10.3. The Balaban J connectivity index is 1.74. The van der Waals surface area contributed by atoms with Crippen LogP contribution >= 0.6 is 0 Å². The second-order valence-corrected chi connectivity index (χ2v) is 9.98. The quantitative estimate of drug-likeness (QED) is 0.120. The molecule has 4 heteroatoms. The number of para-hydroxylation sites is 5. The minimum absolute atomic E-state index is 0.721. The van der Waals surface area contributed by atoms with Gasteiger partial charge < -0.3 is 9.47 Å². The van der Waals surface area contributed by atoms with E-state index in [4.69, 9.17) is 9.47 Å². The number of rotatable bonds is 20.